The van der Waals surface area contributed by atoms with Crippen molar-refractivity contribution >= 4 is 27.3 Å². The molecule has 12 heteroatoms. The van der Waals surface area contributed by atoms with E-state index in [2.05, 4.69) is 23.9 Å². The smallest absolute Gasteiger partial charge is 0.414 e. The van der Waals surface area contributed by atoms with E-state index in [1.54, 1.807) is 37.4 Å². The molecule has 3 aromatic rings. The Hall–Kier alpha value is -2.90. The molecule has 0 bridgehead atoms. The van der Waals surface area contributed by atoms with Crippen LogP contribution in [0.4, 0.5) is 4.79 Å². The van der Waals surface area contributed by atoms with Gasteiger partial charge >= 0.3 is 11.9 Å². The van der Waals surface area contributed by atoms with Gasteiger partial charge in [0.25, 0.3) is 0 Å². The van der Waals surface area contributed by atoms with Crippen molar-refractivity contribution in [2.24, 2.45) is 17.1 Å². The molecule has 1 saturated carbocycles. The van der Waals surface area contributed by atoms with Crippen LogP contribution in [0, 0.1) is 11.3 Å². The van der Waals surface area contributed by atoms with E-state index < -0.39 is 33.1 Å². The van der Waals surface area contributed by atoms with Gasteiger partial charge in [0.05, 0.1) is 23.7 Å². The van der Waals surface area contributed by atoms with Gasteiger partial charge in [-0.05, 0) is 75.0 Å². The first-order chi connectivity index (χ1) is 20.4. The predicted octanol–water partition coefficient (Wildman–Crippen LogP) is 4.69. The van der Waals surface area contributed by atoms with Crippen molar-refractivity contribution < 1.29 is 36.6 Å². The van der Waals surface area contributed by atoms with E-state index in [0.717, 1.165) is 19.3 Å². The van der Waals surface area contributed by atoms with Crippen LogP contribution < -0.4 is 20.5 Å². The van der Waals surface area contributed by atoms with Crippen molar-refractivity contribution in [1.29, 1.82) is 0 Å². The minimum atomic E-state index is -4.07. The molecule has 43 heavy (non-hydrogen) atoms. The van der Waals surface area contributed by atoms with Gasteiger partial charge in [-0.2, -0.15) is 4.72 Å². The lowest BCUT2D eigenvalue weighted by Gasteiger charge is -2.42. The van der Waals surface area contributed by atoms with Crippen LogP contribution in [0.5, 0.6) is 5.75 Å². The van der Waals surface area contributed by atoms with Crippen molar-refractivity contribution in [3.8, 4) is 5.75 Å². The van der Waals surface area contributed by atoms with Crippen molar-refractivity contribution in [2.75, 3.05) is 13.7 Å². The second kappa shape index (κ2) is 13.8. The van der Waals surface area contributed by atoms with Gasteiger partial charge in [-0.15, -0.1) is 0 Å². The Morgan fingerprint density at radius 2 is 1.93 bits per heavy atom. The molecule has 5 unspecified atom stereocenters. The fraction of sp³-hybridized carbons (Fsp3) is 0.581. The average molecular weight is 620 g/mol. The van der Waals surface area contributed by atoms with Crippen molar-refractivity contribution in [3.05, 3.63) is 54.5 Å². The molecule has 2 heterocycles. The molecule has 1 amide bonds. The molecule has 238 valence electrons. The molecule has 0 radical (unpaired) electrons. The summed E-state index contributed by atoms with van der Waals surface area (Å²) in [5.74, 6) is 0.294. The number of benzene rings is 1. The molecule has 1 aliphatic carbocycles. The molecule has 0 saturated heterocycles. The number of furan rings is 2. The summed E-state index contributed by atoms with van der Waals surface area (Å²) in [6.07, 6.45) is 4.19. The number of nitrogens with two attached hydrogens (primary N) is 1. The zero-order chi connectivity index (χ0) is 31.3. The number of hydrogen-bond donors (Lipinski definition) is 4. The fourth-order valence-electron chi connectivity index (χ4n) is 6.22. The van der Waals surface area contributed by atoms with E-state index in [1.165, 1.54) is 19.5 Å². The number of amides is 1. The first-order valence-electron chi connectivity index (χ1n) is 14.8. The van der Waals surface area contributed by atoms with Gasteiger partial charge in [-0.25, -0.2) is 13.2 Å². The lowest BCUT2D eigenvalue weighted by Crippen LogP contribution is -2.69. The number of aliphatic hydroxyl groups is 1. The first-order valence-corrected chi connectivity index (χ1v) is 16.3. The normalized spacial score (nSPS) is 21.8. The number of nitrogens with one attached hydrogen (secondary N) is 2. The van der Waals surface area contributed by atoms with Crippen LogP contribution in [-0.2, 0) is 21.2 Å². The quantitative estimate of drug-likeness (QED) is 0.187. The maximum atomic E-state index is 14.1. The zero-order valence-corrected chi connectivity index (χ0v) is 26.2. The molecule has 11 nitrogen and oxygen atoms in total. The predicted molar refractivity (Wildman–Crippen MR) is 163 cm³/mol. The number of methoxy groups -OCH3 is 1. The summed E-state index contributed by atoms with van der Waals surface area (Å²) < 4.78 is 52.7. The standard InChI is InChI=1S/C31H45N3O8S/c1-21(35)31(18-22-9-6-5-7-10-22,33-29(36)42-27-20-41-28-25(27)13-16-40-28)34-43(37,38)24-11-12-26(39-4)23(17-24)19-30(2,3)14-8-15-32/h5-7,9-10,13,16,20-21,23-24,26,34-35H,8,11-12,14-15,17-19,32H2,1-4H3,(H,33,36). The second-order valence-electron chi connectivity index (χ2n) is 12.4. The number of fused-ring (bicyclic) bond motifs is 1. The molecular formula is C31H45N3O8S. The van der Waals surface area contributed by atoms with Gasteiger partial charge in [-0.1, -0.05) is 44.2 Å². The number of sulfonamides is 1. The number of rotatable bonds is 14. The summed E-state index contributed by atoms with van der Waals surface area (Å²) in [4.78, 5) is 13.2. The van der Waals surface area contributed by atoms with Gasteiger partial charge in [0, 0.05) is 13.5 Å². The summed E-state index contributed by atoms with van der Waals surface area (Å²) in [6, 6.07) is 10.6. The number of hydrogen-bond acceptors (Lipinski definition) is 9. The lowest BCUT2D eigenvalue weighted by molar-refractivity contribution is 0.00513. The Kier molecular flexibility index (Phi) is 10.6. The van der Waals surface area contributed by atoms with E-state index in [0.29, 0.717) is 36.8 Å². The summed E-state index contributed by atoms with van der Waals surface area (Å²) >= 11 is 0. The topological polar surface area (TPSA) is 166 Å². The van der Waals surface area contributed by atoms with Gasteiger partial charge in [0.2, 0.25) is 10.0 Å². The molecule has 5 N–H and O–H groups in total. The average Bonchev–Trinajstić information content (AvgIpc) is 3.57. The Morgan fingerprint density at radius 3 is 2.60 bits per heavy atom. The van der Waals surface area contributed by atoms with Crippen LogP contribution in [0.3, 0.4) is 0 Å². The molecule has 4 rings (SSSR count). The Bertz CT molecular complexity index is 1440. The molecule has 5 atom stereocenters. The van der Waals surface area contributed by atoms with Crippen molar-refractivity contribution in [3.63, 3.8) is 0 Å². The third-order valence-electron chi connectivity index (χ3n) is 8.54. The van der Waals surface area contributed by atoms with E-state index in [9.17, 15) is 18.3 Å². The van der Waals surface area contributed by atoms with Crippen LogP contribution in [0.2, 0.25) is 0 Å². The van der Waals surface area contributed by atoms with Crippen LogP contribution in [0.15, 0.2) is 57.8 Å². The highest BCUT2D eigenvalue weighted by molar-refractivity contribution is 7.90. The molecule has 1 fully saturated rings. The summed E-state index contributed by atoms with van der Waals surface area (Å²) in [7, 11) is -2.40. The second-order valence-corrected chi connectivity index (χ2v) is 14.4. The molecule has 0 spiro atoms. The number of aliphatic hydroxyl groups excluding tert-OH is 1. The fourth-order valence-corrected chi connectivity index (χ4v) is 8.13. The van der Waals surface area contributed by atoms with Gasteiger partial charge < -0.3 is 29.1 Å². The van der Waals surface area contributed by atoms with Crippen LogP contribution >= 0.6 is 0 Å². The van der Waals surface area contributed by atoms with Crippen molar-refractivity contribution in [2.45, 2.75) is 88.8 Å². The minimum Gasteiger partial charge on any atom is -0.433 e. The third-order valence-corrected chi connectivity index (χ3v) is 10.5. The Morgan fingerprint density at radius 1 is 1.19 bits per heavy atom. The molecule has 2 aromatic heterocycles. The highest BCUT2D eigenvalue weighted by Gasteiger charge is 2.46. The first kappa shape index (κ1) is 33.0. The summed E-state index contributed by atoms with van der Waals surface area (Å²) in [6.45, 7) is 6.39. The number of carbonyl (C=O) groups is 1. The molecule has 1 aliphatic rings. The number of ether oxygens (including phenoxy) is 2. The van der Waals surface area contributed by atoms with Crippen LogP contribution in [0.25, 0.3) is 11.2 Å². The molecule has 1 aromatic carbocycles. The van der Waals surface area contributed by atoms with Gasteiger partial charge in [0.15, 0.2) is 5.75 Å². The van der Waals surface area contributed by atoms with Gasteiger partial charge in [0.1, 0.15) is 17.3 Å². The highest BCUT2D eigenvalue weighted by atomic mass is 32.2. The van der Waals surface area contributed by atoms with Crippen LogP contribution in [-0.4, -0.2) is 56.4 Å². The van der Waals surface area contributed by atoms with Crippen LogP contribution in [0.1, 0.15) is 64.9 Å². The maximum Gasteiger partial charge on any atom is 0.414 e. The van der Waals surface area contributed by atoms with E-state index in [1.807, 2.05) is 6.07 Å². The van der Waals surface area contributed by atoms with E-state index in [4.69, 9.17) is 24.0 Å². The monoisotopic (exact) mass is 619 g/mol. The number of carbonyl (C=O) groups excluding carboxylic acids is 1. The summed E-state index contributed by atoms with van der Waals surface area (Å²) in [5.41, 5.74) is 4.61. The Balaban J connectivity index is 1.59. The Labute approximate surface area is 253 Å². The van der Waals surface area contributed by atoms with Crippen molar-refractivity contribution in [1.82, 2.24) is 10.0 Å². The third kappa shape index (κ3) is 8.18. The maximum absolute atomic E-state index is 14.1. The van der Waals surface area contributed by atoms with Gasteiger partial charge in [-0.3, -0.25) is 5.32 Å². The zero-order valence-electron chi connectivity index (χ0n) is 25.4. The highest BCUT2D eigenvalue weighted by Crippen LogP contribution is 2.40. The lowest BCUT2D eigenvalue weighted by atomic mass is 9.73. The van der Waals surface area contributed by atoms with E-state index in [-0.39, 0.29) is 35.4 Å². The molecule has 0 aliphatic heterocycles. The molecular weight excluding hydrogens is 574 g/mol. The largest absolute Gasteiger partial charge is 0.433 e. The van der Waals surface area contributed by atoms with E-state index >= 15 is 0 Å². The minimum absolute atomic E-state index is 0.0135. The SMILES string of the molecule is COC1CCC(S(=O)(=O)NC(Cc2ccccc2)(NC(=O)Oc2coc3occc23)C(C)O)CC1CC(C)(C)CCCN. The summed E-state index contributed by atoms with van der Waals surface area (Å²) in [5, 5.41) is 13.4.